The zero-order valence-electron chi connectivity index (χ0n) is 10.6. The van der Waals surface area contributed by atoms with Crippen molar-refractivity contribution < 1.29 is 4.79 Å². The topological polar surface area (TPSA) is 59.8 Å². The summed E-state index contributed by atoms with van der Waals surface area (Å²) < 4.78 is 1.90. The Bertz CT molecular complexity index is 691. The molecule has 0 fully saturated rings. The minimum absolute atomic E-state index is 0.150. The standard InChI is InChI=1S/C15H12N4O/c20-15(12-5-7-16-8-6-12)18-13-1-3-14(4-2-13)19-10-9-17-11-19/h1-11H,(H,18,20). The number of imidazole rings is 1. The van der Waals surface area contributed by atoms with Crippen LogP contribution in [0.2, 0.25) is 0 Å². The van der Waals surface area contributed by atoms with Gasteiger partial charge in [-0.15, -0.1) is 0 Å². The molecule has 0 unspecified atom stereocenters. The average molecular weight is 264 g/mol. The Balaban J connectivity index is 1.74. The second kappa shape index (κ2) is 5.36. The third kappa shape index (κ3) is 2.56. The molecule has 1 N–H and O–H groups in total. The van der Waals surface area contributed by atoms with Gasteiger partial charge in [-0.05, 0) is 36.4 Å². The quantitative estimate of drug-likeness (QED) is 0.790. The Labute approximate surface area is 115 Å². The van der Waals surface area contributed by atoms with Crippen LogP contribution >= 0.6 is 0 Å². The second-order valence-corrected chi connectivity index (χ2v) is 4.21. The van der Waals surface area contributed by atoms with E-state index < -0.39 is 0 Å². The minimum Gasteiger partial charge on any atom is -0.322 e. The fraction of sp³-hybridized carbons (Fsp3) is 0. The number of aromatic nitrogens is 3. The van der Waals surface area contributed by atoms with Crippen molar-refractivity contribution in [2.24, 2.45) is 0 Å². The highest BCUT2D eigenvalue weighted by atomic mass is 16.1. The first-order chi connectivity index (χ1) is 9.83. The Kier molecular flexibility index (Phi) is 3.24. The van der Waals surface area contributed by atoms with Gasteiger partial charge in [-0.3, -0.25) is 9.78 Å². The van der Waals surface area contributed by atoms with Gasteiger partial charge in [0.15, 0.2) is 0 Å². The van der Waals surface area contributed by atoms with Gasteiger partial charge in [0.25, 0.3) is 5.91 Å². The molecule has 0 radical (unpaired) electrons. The highest BCUT2D eigenvalue weighted by Crippen LogP contribution is 2.14. The Morgan fingerprint density at radius 3 is 2.35 bits per heavy atom. The number of amides is 1. The Morgan fingerprint density at radius 2 is 1.70 bits per heavy atom. The molecular weight excluding hydrogens is 252 g/mol. The highest BCUT2D eigenvalue weighted by molar-refractivity contribution is 6.04. The maximum Gasteiger partial charge on any atom is 0.255 e. The molecule has 1 amide bonds. The monoisotopic (exact) mass is 264 g/mol. The number of pyridine rings is 1. The van der Waals surface area contributed by atoms with E-state index in [0.717, 1.165) is 11.4 Å². The molecule has 2 heterocycles. The van der Waals surface area contributed by atoms with Crippen LogP contribution in [0.3, 0.4) is 0 Å². The summed E-state index contributed by atoms with van der Waals surface area (Å²) >= 11 is 0. The van der Waals surface area contributed by atoms with Gasteiger partial charge in [0.1, 0.15) is 0 Å². The number of carbonyl (C=O) groups excluding carboxylic acids is 1. The predicted octanol–water partition coefficient (Wildman–Crippen LogP) is 2.52. The van der Waals surface area contributed by atoms with Crippen molar-refractivity contribution in [1.82, 2.24) is 14.5 Å². The molecule has 5 heteroatoms. The van der Waals surface area contributed by atoms with Crippen molar-refractivity contribution in [2.45, 2.75) is 0 Å². The lowest BCUT2D eigenvalue weighted by Crippen LogP contribution is -2.11. The molecule has 1 aromatic carbocycles. The van der Waals surface area contributed by atoms with Crippen molar-refractivity contribution in [3.05, 3.63) is 73.1 Å². The van der Waals surface area contributed by atoms with Gasteiger partial charge < -0.3 is 9.88 Å². The fourth-order valence-electron chi connectivity index (χ4n) is 1.84. The molecule has 0 aliphatic rings. The Hall–Kier alpha value is -2.95. The average Bonchev–Trinajstić information content (AvgIpc) is 3.03. The van der Waals surface area contributed by atoms with Crippen LogP contribution in [0, 0.1) is 0 Å². The summed E-state index contributed by atoms with van der Waals surface area (Å²) in [5, 5.41) is 2.84. The fourth-order valence-corrected chi connectivity index (χ4v) is 1.84. The number of anilines is 1. The number of hydrogen-bond donors (Lipinski definition) is 1. The molecule has 98 valence electrons. The maximum atomic E-state index is 12.0. The lowest BCUT2D eigenvalue weighted by atomic mass is 10.2. The molecule has 0 saturated heterocycles. The maximum absolute atomic E-state index is 12.0. The van der Waals surface area contributed by atoms with Crippen LogP contribution in [-0.4, -0.2) is 20.4 Å². The van der Waals surface area contributed by atoms with E-state index in [-0.39, 0.29) is 5.91 Å². The van der Waals surface area contributed by atoms with Crippen LogP contribution in [0.15, 0.2) is 67.5 Å². The van der Waals surface area contributed by atoms with Gasteiger partial charge in [-0.1, -0.05) is 0 Å². The number of rotatable bonds is 3. The first-order valence-corrected chi connectivity index (χ1v) is 6.13. The van der Waals surface area contributed by atoms with Crippen LogP contribution in [0.4, 0.5) is 5.69 Å². The summed E-state index contributed by atoms with van der Waals surface area (Å²) in [7, 11) is 0. The van der Waals surface area contributed by atoms with E-state index in [4.69, 9.17) is 0 Å². The summed E-state index contributed by atoms with van der Waals surface area (Å²) in [6.07, 6.45) is 8.50. The first-order valence-electron chi connectivity index (χ1n) is 6.13. The van der Waals surface area contributed by atoms with E-state index in [0.29, 0.717) is 5.56 Å². The van der Waals surface area contributed by atoms with Gasteiger partial charge >= 0.3 is 0 Å². The van der Waals surface area contributed by atoms with E-state index in [1.54, 1.807) is 37.1 Å². The summed E-state index contributed by atoms with van der Waals surface area (Å²) in [6, 6.07) is 10.9. The molecule has 0 spiro atoms. The second-order valence-electron chi connectivity index (χ2n) is 4.21. The molecule has 5 nitrogen and oxygen atoms in total. The number of carbonyl (C=O) groups is 1. The molecule has 0 aliphatic carbocycles. The summed E-state index contributed by atoms with van der Waals surface area (Å²) in [6.45, 7) is 0. The van der Waals surface area contributed by atoms with Crippen molar-refractivity contribution in [3.8, 4) is 5.69 Å². The van der Waals surface area contributed by atoms with Gasteiger partial charge in [0.2, 0.25) is 0 Å². The largest absolute Gasteiger partial charge is 0.322 e. The van der Waals surface area contributed by atoms with Crippen LogP contribution in [0.25, 0.3) is 5.69 Å². The van der Waals surface area contributed by atoms with E-state index in [1.165, 1.54) is 0 Å². The Morgan fingerprint density at radius 1 is 0.950 bits per heavy atom. The van der Waals surface area contributed by atoms with Crippen LogP contribution in [0.5, 0.6) is 0 Å². The lowest BCUT2D eigenvalue weighted by Gasteiger charge is -2.07. The highest BCUT2D eigenvalue weighted by Gasteiger charge is 2.05. The third-order valence-electron chi connectivity index (χ3n) is 2.87. The predicted molar refractivity (Wildman–Crippen MR) is 75.8 cm³/mol. The molecule has 0 saturated carbocycles. The normalized spacial score (nSPS) is 10.2. The molecule has 3 aromatic rings. The molecule has 3 rings (SSSR count). The molecule has 20 heavy (non-hydrogen) atoms. The number of hydrogen-bond acceptors (Lipinski definition) is 3. The van der Waals surface area contributed by atoms with Gasteiger partial charge in [0, 0.05) is 41.7 Å². The summed E-state index contributed by atoms with van der Waals surface area (Å²) in [5.74, 6) is -0.150. The number of benzene rings is 1. The minimum atomic E-state index is -0.150. The molecule has 2 aromatic heterocycles. The van der Waals surface area contributed by atoms with Crippen LogP contribution in [0.1, 0.15) is 10.4 Å². The van der Waals surface area contributed by atoms with Gasteiger partial charge in [-0.2, -0.15) is 0 Å². The van der Waals surface area contributed by atoms with Crippen molar-refractivity contribution >= 4 is 11.6 Å². The molecule has 0 atom stereocenters. The van der Waals surface area contributed by atoms with Crippen molar-refractivity contribution in [3.63, 3.8) is 0 Å². The molecular formula is C15H12N4O. The van der Waals surface area contributed by atoms with E-state index in [2.05, 4.69) is 15.3 Å². The van der Waals surface area contributed by atoms with Gasteiger partial charge in [-0.25, -0.2) is 4.98 Å². The van der Waals surface area contributed by atoms with E-state index >= 15 is 0 Å². The van der Waals surface area contributed by atoms with Crippen molar-refractivity contribution in [2.75, 3.05) is 5.32 Å². The molecule has 0 aliphatic heterocycles. The summed E-state index contributed by atoms with van der Waals surface area (Å²) in [5.41, 5.74) is 2.32. The lowest BCUT2D eigenvalue weighted by molar-refractivity contribution is 0.102. The van der Waals surface area contributed by atoms with Crippen molar-refractivity contribution in [1.29, 1.82) is 0 Å². The smallest absolute Gasteiger partial charge is 0.255 e. The van der Waals surface area contributed by atoms with E-state index in [1.807, 2.05) is 35.0 Å². The molecule has 0 bridgehead atoms. The first kappa shape index (κ1) is 12.1. The third-order valence-corrected chi connectivity index (χ3v) is 2.87. The zero-order valence-corrected chi connectivity index (χ0v) is 10.6. The van der Waals surface area contributed by atoms with Gasteiger partial charge in [0.05, 0.1) is 6.33 Å². The SMILES string of the molecule is O=C(Nc1ccc(-n2ccnc2)cc1)c1ccncc1. The van der Waals surface area contributed by atoms with E-state index in [9.17, 15) is 4.79 Å². The number of nitrogens with one attached hydrogen (secondary N) is 1. The van der Waals surface area contributed by atoms with Crippen LogP contribution in [-0.2, 0) is 0 Å². The number of nitrogens with zero attached hydrogens (tertiary/aromatic N) is 3. The summed E-state index contributed by atoms with van der Waals surface area (Å²) in [4.78, 5) is 19.9. The van der Waals surface area contributed by atoms with Crippen LogP contribution < -0.4 is 5.32 Å². The zero-order chi connectivity index (χ0) is 13.8.